The molecular weight excluding hydrogens is 849 g/mol. The summed E-state index contributed by atoms with van der Waals surface area (Å²) in [5, 5.41) is 26.0. The molecule has 0 bridgehead atoms. The normalized spacial score (nSPS) is 16.0. The second kappa shape index (κ2) is 17.8. The molecule has 10 rings (SSSR count). The molecule has 0 radical (unpaired) electrons. The number of hydrogen-bond donors (Lipinski definition) is 0. The quantitative estimate of drug-likeness (QED) is 0.0960. The number of rotatable bonds is 14. The third-order valence-corrected chi connectivity index (χ3v) is 12.7. The number of aromatic nitrogens is 8. The molecule has 8 aromatic rings. The SMILES string of the molecule is Cc1noc(C)c1-c1ccc2c(c1)C(c1ccccc1)N(Cc1cn(CCOCCn3cc(CN4C(=O)N(C)c5ccc(-c6c(C)noc6C)cc5C4c4ccccc4)nn3)nn1)C(=O)N2C. The molecule has 4 aromatic heterocycles. The van der Waals surface area contributed by atoms with Gasteiger partial charge in [0.25, 0.3) is 0 Å². The Morgan fingerprint density at radius 1 is 0.567 bits per heavy atom. The number of fused-ring (bicyclic) bond motifs is 2. The molecule has 2 unspecified atom stereocenters. The lowest BCUT2D eigenvalue weighted by Gasteiger charge is -2.41. The zero-order chi connectivity index (χ0) is 46.3. The Bertz CT molecular complexity index is 2840. The fraction of sp³-hybridized carbons (Fsp3) is 0.280. The molecule has 340 valence electrons. The number of amides is 4. The summed E-state index contributed by atoms with van der Waals surface area (Å²) in [4.78, 5) is 35.2. The third-order valence-electron chi connectivity index (χ3n) is 12.7. The van der Waals surface area contributed by atoms with Crippen LogP contribution in [0.5, 0.6) is 0 Å². The summed E-state index contributed by atoms with van der Waals surface area (Å²) < 4.78 is 20.5. The Morgan fingerprint density at radius 2 is 0.985 bits per heavy atom. The van der Waals surface area contributed by atoms with Crippen LogP contribution in [-0.2, 0) is 30.9 Å². The van der Waals surface area contributed by atoms with Crippen molar-refractivity contribution in [1.82, 2.24) is 50.1 Å². The van der Waals surface area contributed by atoms with E-state index in [9.17, 15) is 9.59 Å². The highest BCUT2D eigenvalue weighted by molar-refractivity contribution is 5.97. The van der Waals surface area contributed by atoms with Gasteiger partial charge in [-0.1, -0.05) is 93.5 Å². The van der Waals surface area contributed by atoms with E-state index in [1.54, 1.807) is 33.3 Å². The van der Waals surface area contributed by atoms with Crippen molar-refractivity contribution in [3.63, 3.8) is 0 Å². The van der Waals surface area contributed by atoms with Crippen molar-refractivity contribution in [2.24, 2.45) is 0 Å². The predicted octanol–water partition coefficient (Wildman–Crippen LogP) is 8.45. The summed E-state index contributed by atoms with van der Waals surface area (Å²) in [6, 6.07) is 31.4. The van der Waals surface area contributed by atoms with Crippen LogP contribution in [0.4, 0.5) is 21.0 Å². The molecule has 2 aliphatic heterocycles. The van der Waals surface area contributed by atoms with E-state index in [1.165, 1.54) is 0 Å². The minimum Gasteiger partial charge on any atom is -0.378 e. The third kappa shape index (κ3) is 8.11. The van der Waals surface area contributed by atoms with E-state index in [0.717, 1.165) is 78.8 Å². The van der Waals surface area contributed by atoms with Crippen molar-refractivity contribution < 1.29 is 23.4 Å². The van der Waals surface area contributed by atoms with Crippen molar-refractivity contribution in [3.05, 3.63) is 166 Å². The topological polar surface area (TPSA) is 170 Å². The van der Waals surface area contributed by atoms with Crippen LogP contribution in [0, 0.1) is 27.7 Å². The molecule has 17 nitrogen and oxygen atoms in total. The lowest BCUT2D eigenvalue weighted by Crippen LogP contribution is -2.47. The molecular formula is C50H50N12O5. The van der Waals surface area contributed by atoms with Gasteiger partial charge in [-0.15, -0.1) is 10.2 Å². The van der Waals surface area contributed by atoms with Crippen LogP contribution in [-0.4, -0.2) is 89.5 Å². The summed E-state index contributed by atoms with van der Waals surface area (Å²) in [5.74, 6) is 1.48. The van der Waals surface area contributed by atoms with Gasteiger partial charge in [-0.25, -0.2) is 19.0 Å². The molecule has 67 heavy (non-hydrogen) atoms. The van der Waals surface area contributed by atoms with Crippen molar-refractivity contribution in [1.29, 1.82) is 0 Å². The van der Waals surface area contributed by atoms with E-state index in [0.29, 0.717) is 37.7 Å². The number of aryl methyl sites for hydroxylation is 4. The van der Waals surface area contributed by atoms with Crippen LogP contribution < -0.4 is 9.80 Å². The van der Waals surface area contributed by atoms with Gasteiger partial charge in [0.05, 0.1) is 86.6 Å². The van der Waals surface area contributed by atoms with Crippen LogP contribution in [0.1, 0.15) is 68.6 Å². The fourth-order valence-corrected chi connectivity index (χ4v) is 9.52. The van der Waals surface area contributed by atoms with Crippen LogP contribution >= 0.6 is 0 Å². The number of benzene rings is 4. The van der Waals surface area contributed by atoms with E-state index in [-0.39, 0.29) is 37.2 Å². The van der Waals surface area contributed by atoms with Crippen molar-refractivity contribution in [3.8, 4) is 22.3 Å². The Balaban J connectivity index is 0.787. The predicted molar refractivity (Wildman–Crippen MR) is 249 cm³/mol. The zero-order valence-electron chi connectivity index (χ0n) is 38.2. The molecule has 0 saturated carbocycles. The maximum Gasteiger partial charge on any atom is 0.325 e. The fourth-order valence-electron chi connectivity index (χ4n) is 9.52. The highest BCUT2D eigenvalue weighted by atomic mass is 16.5. The van der Waals surface area contributed by atoms with Gasteiger partial charge in [0.1, 0.15) is 22.9 Å². The molecule has 0 N–H and O–H groups in total. The van der Waals surface area contributed by atoms with Crippen molar-refractivity contribution in [2.75, 3.05) is 37.1 Å². The van der Waals surface area contributed by atoms with E-state index in [2.05, 4.69) is 43.1 Å². The van der Waals surface area contributed by atoms with Crippen LogP contribution in [0.2, 0.25) is 0 Å². The molecule has 17 heteroatoms. The minimum atomic E-state index is -0.372. The number of hydrogen-bond acceptors (Lipinski definition) is 11. The first kappa shape index (κ1) is 43.0. The van der Waals surface area contributed by atoms with Crippen molar-refractivity contribution in [2.45, 2.75) is 66.0 Å². The van der Waals surface area contributed by atoms with Gasteiger partial charge in [0.15, 0.2) is 0 Å². The molecule has 4 amide bonds. The first-order valence-corrected chi connectivity index (χ1v) is 22.2. The number of carbonyl (C=O) groups is 2. The molecule has 6 heterocycles. The van der Waals surface area contributed by atoms with E-state index < -0.39 is 0 Å². The van der Waals surface area contributed by atoms with Crippen LogP contribution in [0.3, 0.4) is 0 Å². The molecule has 0 spiro atoms. The second-order valence-electron chi connectivity index (χ2n) is 17.1. The summed E-state index contributed by atoms with van der Waals surface area (Å²) in [6.07, 6.45) is 3.71. The Kier molecular flexibility index (Phi) is 11.4. The lowest BCUT2D eigenvalue weighted by molar-refractivity contribution is 0.113. The van der Waals surface area contributed by atoms with Gasteiger partial charge < -0.3 is 23.6 Å². The number of urea groups is 2. The standard InChI is InChI=1S/C50H50N12O5/c1-31-45(33(3)66-53-31)37-17-19-43-41(25-37)47(35-13-9-7-10-14-35)61(49(63)57(43)5)29-39-27-59(55-51-39)21-23-65-24-22-60-28-40(52-56-60)30-62-48(36-15-11-8-12-16-36)42-26-38(46-32(2)54-67-34(46)4)18-20-44(42)58(6)50(62)64/h7-20,25-28,47-48H,21-24,29-30H2,1-6H3. The monoisotopic (exact) mass is 898 g/mol. The van der Waals surface area contributed by atoms with Crippen molar-refractivity contribution >= 4 is 23.4 Å². The van der Waals surface area contributed by atoms with Gasteiger partial charge in [-0.05, 0) is 74.2 Å². The van der Waals surface area contributed by atoms with Gasteiger partial charge in [0, 0.05) is 36.3 Å². The Morgan fingerprint density at radius 3 is 1.37 bits per heavy atom. The number of nitrogens with zero attached hydrogens (tertiary/aromatic N) is 12. The zero-order valence-corrected chi connectivity index (χ0v) is 38.2. The molecule has 0 saturated heterocycles. The highest BCUT2D eigenvalue weighted by Gasteiger charge is 2.39. The van der Waals surface area contributed by atoms with E-state index >= 15 is 0 Å². The molecule has 0 aliphatic carbocycles. The summed E-state index contributed by atoms with van der Waals surface area (Å²) >= 11 is 0. The molecule has 0 fully saturated rings. The largest absolute Gasteiger partial charge is 0.378 e. The first-order chi connectivity index (χ1) is 32.5. The average Bonchev–Trinajstić information content (AvgIpc) is 4.15. The smallest absolute Gasteiger partial charge is 0.325 e. The Labute approximate surface area is 387 Å². The second-order valence-corrected chi connectivity index (χ2v) is 17.1. The number of anilines is 2. The Hall–Kier alpha value is -7.92. The molecule has 2 atom stereocenters. The van der Waals surface area contributed by atoms with Gasteiger partial charge >= 0.3 is 12.1 Å². The molecule has 2 aliphatic rings. The number of carbonyl (C=O) groups excluding carboxylic acids is 2. The lowest BCUT2D eigenvalue weighted by atomic mass is 9.90. The minimum absolute atomic E-state index is 0.139. The van der Waals surface area contributed by atoms with Crippen LogP contribution in [0.25, 0.3) is 22.3 Å². The van der Waals surface area contributed by atoms with E-state index in [4.69, 9.17) is 13.8 Å². The van der Waals surface area contributed by atoms with Gasteiger partial charge in [0.2, 0.25) is 0 Å². The number of ether oxygens (including phenoxy) is 1. The van der Waals surface area contributed by atoms with E-state index in [1.807, 2.05) is 135 Å². The summed E-state index contributed by atoms with van der Waals surface area (Å²) in [5.41, 5.74) is 12.4. The van der Waals surface area contributed by atoms with Gasteiger partial charge in [-0.3, -0.25) is 9.80 Å². The molecule has 4 aromatic carbocycles. The first-order valence-electron chi connectivity index (χ1n) is 22.2. The summed E-state index contributed by atoms with van der Waals surface area (Å²) in [7, 11) is 3.60. The van der Waals surface area contributed by atoms with Gasteiger partial charge in [-0.2, -0.15) is 0 Å². The van der Waals surface area contributed by atoms with Crippen LogP contribution in [0.15, 0.2) is 119 Å². The maximum atomic E-state index is 14.1. The highest BCUT2D eigenvalue weighted by Crippen LogP contribution is 2.45. The summed E-state index contributed by atoms with van der Waals surface area (Å²) in [6.45, 7) is 9.85. The maximum absolute atomic E-state index is 14.1. The average molecular weight is 899 g/mol.